The van der Waals surface area contributed by atoms with Gasteiger partial charge in [-0.3, -0.25) is 9.59 Å². The summed E-state index contributed by atoms with van der Waals surface area (Å²) in [6, 6.07) is 3.31. The quantitative estimate of drug-likeness (QED) is 0.776. The van der Waals surface area contributed by atoms with Crippen LogP contribution in [0.1, 0.15) is 37.0 Å². The molecule has 2 amide bonds. The first kappa shape index (κ1) is 20.0. The van der Waals surface area contributed by atoms with Crippen molar-refractivity contribution in [2.24, 2.45) is 5.92 Å². The number of methoxy groups -OCH3 is 2. The predicted molar refractivity (Wildman–Crippen MR) is 101 cm³/mol. The number of anilines is 1. The van der Waals surface area contributed by atoms with Gasteiger partial charge in [-0.1, -0.05) is 6.92 Å². The fourth-order valence-electron chi connectivity index (χ4n) is 3.24. The molecule has 0 spiro atoms. The fraction of sp³-hybridized carbons (Fsp3) is 0.579. The molecule has 1 fully saturated rings. The zero-order valence-electron chi connectivity index (χ0n) is 16.1. The van der Waals surface area contributed by atoms with Crippen LogP contribution in [0.5, 0.6) is 11.5 Å². The monoisotopic (exact) mass is 363 g/mol. The average molecular weight is 363 g/mol. The van der Waals surface area contributed by atoms with E-state index in [-0.39, 0.29) is 11.8 Å². The van der Waals surface area contributed by atoms with Crippen LogP contribution in [0.15, 0.2) is 12.1 Å². The van der Waals surface area contributed by atoms with Crippen LogP contribution >= 0.6 is 0 Å². The van der Waals surface area contributed by atoms with E-state index < -0.39 is 0 Å². The molecule has 1 aromatic rings. The van der Waals surface area contributed by atoms with Crippen LogP contribution in [0, 0.1) is 5.92 Å². The van der Waals surface area contributed by atoms with E-state index in [1.54, 1.807) is 12.1 Å². The summed E-state index contributed by atoms with van der Waals surface area (Å²) in [6.07, 6.45) is 1.98. The number of piperidine rings is 1. The molecule has 7 heteroatoms. The highest BCUT2D eigenvalue weighted by molar-refractivity contribution is 5.99. The Kier molecular flexibility index (Phi) is 7.26. The number of ether oxygens (including phenoxy) is 2. The molecule has 1 heterocycles. The third kappa shape index (κ3) is 4.88. The van der Waals surface area contributed by atoms with Gasteiger partial charge in [0.1, 0.15) is 0 Å². The van der Waals surface area contributed by atoms with Gasteiger partial charge in [0.2, 0.25) is 5.91 Å². The molecule has 0 aromatic heterocycles. The summed E-state index contributed by atoms with van der Waals surface area (Å²) >= 11 is 0. The zero-order chi connectivity index (χ0) is 19.1. The van der Waals surface area contributed by atoms with Crippen molar-refractivity contribution in [2.75, 3.05) is 45.7 Å². The second-order valence-corrected chi connectivity index (χ2v) is 6.48. The summed E-state index contributed by atoms with van der Waals surface area (Å²) in [5.74, 6) is 1.14. The summed E-state index contributed by atoms with van der Waals surface area (Å²) in [7, 11) is 3.01. The Bertz CT molecular complexity index is 640. The van der Waals surface area contributed by atoms with Crippen LogP contribution in [0.3, 0.4) is 0 Å². The fourth-order valence-corrected chi connectivity index (χ4v) is 3.24. The summed E-state index contributed by atoms with van der Waals surface area (Å²) in [4.78, 5) is 26.3. The van der Waals surface area contributed by atoms with Crippen LogP contribution in [0.4, 0.5) is 5.69 Å². The number of amides is 2. The molecular weight excluding hydrogens is 334 g/mol. The molecule has 0 radical (unpaired) electrons. The SMILES string of the molecule is CCNCC1CCN(C(=O)c2cc(NC(C)=O)c(OC)c(OC)c2)CC1. The number of hydrogen-bond donors (Lipinski definition) is 2. The van der Waals surface area contributed by atoms with E-state index in [1.165, 1.54) is 21.1 Å². The number of hydrogen-bond acceptors (Lipinski definition) is 5. The third-order valence-electron chi connectivity index (χ3n) is 4.62. The van der Waals surface area contributed by atoms with Crippen LogP contribution in [0.2, 0.25) is 0 Å². The van der Waals surface area contributed by atoms with E-state index in [0.717, 1.165) is 39.0 Å². The smallest absolute Gasteiger partial charge is 0.254 e. The molecule has 1 aliphatic rings. The topological polar surface area (TPSA) is 79.9 Å². The van der Waals surface area contributed by atoms with Crippen molar-refractivity contribution >= 4 is 17.5 Å². The Balaban J connectivity index is 2.17. The van der Waals surface area contributed by atoms with Gasteiger partial charge in [0.25, 0.3) is 5.91 Å². The van der Waals surface area contributed by atoms with Gasteiger partial charge in [0, 0.05) is 25.6 Å². The molecule has 1 aliphatic heterocycles. The molecule has 0 saturated carbocycles. The maximum absolute atomic E-state index is 12.9. The van der Waals surface area contributed by atoms with E-state index in [9.17, 15) is 9.59 Å². The summed E-state index contributed by atoms with van der Waals surface area (Å²) < 4.78 is 10.7. The highest BCUT2D eigenvalue weighted by atomic mass is 16.5. The van der Waals surface area contributed by atoms with Crippen LogP contribution < -0.4 is 20.1 Å². The van der Waals surface area contributed by atoms with E-state index >= 15 is 0 Å². The minimum absolute atomic E-state index is 0.0561. The van der Waals surface area contributed by atoms with Gasteiger partial charge in [-0.25, -0.2) is 0 Å². The molecule has 1 saturated heterocycles. The molecular formula is C19H29N3O4. The Morgan fingerprint density at radius 2 is 1.88 bits per heavy atom. The summed E-state index contributed by atoms with van der Waals surface area (Å²) in [5.41, 5.74) is 0.918. The highest BCUT2D eigenvalue weighted by Gasteiger charge is 2.25. The number of carbonyl (C=O) groups excluding carboxylic acids is 2. The van der Waals surface area contributed by atoms with Crippen molar-refractivity contribution in [2.45, 2.75) is 26.7 Å². The van der Waals surface area contributed by atoms with Gasteiger partial charge in [0.05, 0.1) is 19.9 Å². The minimum Gasteiger partial charge on any atom is -0.493 e. The lowest BCUT2D eigenvalue weighted by Crippen LogP contribution is -2.40. The first-order valence-electron chi connectivity index (χ1n) is 9.03. The van der Waals surface area contributed by atoms with E-state index in [0.29, 0.717) is 28.7 Å². The molecule has 7 nitrogen and oxygen atoms in total. The van der Waals surface area contributed by atoms with Gasteiger partial charge in [-0.2, -0.15) is 0 Å². The van der Waals surface area contributed by atoms with Gasteiger partial charge >= 0.3 is 0 Å². The number of nitrogens with zero attached hydrogens (tertiary/aromatic N) is 1. The lowest BCUT2D eigenvalue weighted by Gasteiger charge is -2.32. The lowest BCUT2D eigenvalue weighted by atomic mass is 9.96. The first-order chi connectivity index (χ1) is 12.5. The van der Waals surface area contributed by atoms with E-state index in [4.69, 9.17) is 9.47 Å². The van der Waals surface area contributed by atoms with Gasteiger partial charge in [-0.05, 0) is 44.0 Å². The highest BCUT2D eigenvalue weighted by Crippen LogP contribution is 2.37. The molecule has 0 unspecified atom stereocenters. The van der Waals surface area contributed by atoms with Gasteiger partial charge in [-0.15, -0.1) is 0 Å². The second-order valence-electron chi connectivity index (χ2n) is 6.48. The van der Waals surface area contributed by atoms with Crippen molar-refractivity contribution in [3.8, 4) is 11.5 Å². The molecule has 0 aliphatic carbocycles. The second kappa shape index (κ2) is 9.43. The molecule has 2 N–H and O–H groups in total. The molecule has 2 rings (SSSR count). The average Bonchev–Trinajstić information content (AvgIpc) is 2.65. The van der Waals surface area contributed by atoms with Gasteiger partial charge < -0.3 is 25.0 Å². The van der Waals surface area contributed by atoms with E-state index in [1.807, 2.05) is 4.90 Å². The number of carbonyl (C=O) groups is 2. The largest absolute Gasteiger partial charge is 0.493 e. The van der Waals surface area contributed by atoms with Crippen molar-refractivity contribution in [1.82, 2.24) is 10.2 Å². The number of nitrogens with one attached hydrogen (secondary N) is 2. The van der Waals surface area contributed by atoms with Crippen LogP contribution in [-0.4, -0.2) is 57.1 Å². The predicted octanol–water partition coefficient (Wildman–Crippen LogP) is 2.12. The molecule has 26 heavy (non-hydrogen) atoms. The zero-order valence-corrected chi connectivity index (χ0v) is 16.1. The maximum Gasteiger partial charge on any atom is 0.254 e. The van der Waals surface area contributed by atoms with Crippen molar-refractivity contribution in [3.63, 3.8) is 0 Å². The standard InChI is InChI=1S/C19H29N3O4/c1-5-20-12-14-6-8-22(9-7-14)19(24)15-10-16(21-13(2)23)18(26-4)17(11-15)25-3/h10-11,14,20H,5-9,12H2,1-4H3,(H,21,23). The van der Waals surface area contributed by atoms with Crippen LogP contribution in [0.25, 0.3) is 0 Å². The Hall–Kier alpha value is -2.28. The number of rotatable bonds is 7. The molecule has 0 bridgehead atoms. The number of benzene rings is 1. The number of likely N-dealkylation sites (tertiary alicyclic amines) is 1. The summed E-state index contributed by atoms with van der Waals surface area (Å²) in [5, 5.41) is 6.08. The minimum atomic E-state index is -0.237. The Labute approximate surface area is 155 Å². The molecule has 144 valence electrons. The first-order valence-corrected chi connectivity index (χ1v) is 9.03. The Morgan fingerprint density at radius 3 is 2.42 bits per heavy atom. The van der Waals surface area contributed by atoms with Crippen molar-refractivity contribution in [3.05, 3.63) is 17.7 Å². The normalized spacial score (nSPS) is 14.8. The van der Waals surface area contributed by atoms with E-state index in [2.05, 4.69) is 17.6 Å². The Morgan fingerprint density at radius 1 is 1.19 bits per heavy atom. The van der Waals surface area contributed by atoms with Crippen molar-refractivity contribution in [1.29, 1.82) is 0 Å². The maximum atomic E-state index is 12.9. The lowest BCUT2D eigenvalue weighted by molar-refractivity contribution is -0.114. The van der Waals surface area contributed by atoms with Gasteiger partial charge in [0.15, 0.2) is 11.5 Å². The molecule has 1 aromatic carbocycles. The molecule has 0 atom stereocenters. The van der Waals surface area contributed by atoms with Crippen molar-refractivity contribution < 1.29 is 19.1 Å². The third-order valence-corrected chi connectivity index (χ3v) is 4.62. The van der Waals surface area contributed by atoms with Crippen LogP contribution in [-0.2, 0) is 4.79 Å². The summed E-state index contributed by atoms with van der Waals surface area (Å²) in [6.45, 7) is 6.95.